The first kappa shape index (κ1) is 66.6. The molecular weight excluding hydrogens is 1110 g/mol. The van der Waals surface area contributed by atoms with Gasteiger partial charge >= 0.3 is 0 Å². The van der Waals surface area contributed by atoms with Gasteiger partial charge in [-0.25, -0.2) is 20.0 Å². The number of benzene rings is 4. The summed E-state index contributed by atoms with van der Waals surface area (Å²) < 4.78 is 27.8. The Kier molecular flexibility index (Phi) is 24.2. The molecule has 84 heavy (non-hydrogen) atoms. The van der Waals surface area contributed by atoms with Gasteiger partial charge in [0.15, 0.2) is 0 Å². The van der Waals surface area contributed by atoms with E-state index >= 15 is 0 Å². The number of nitrogens with zero attached hydrogens (tertiary/aromatic N) is 7. The SMILES string of the molecule is CCCCCCCCOc1ccc(C2=C3C=CC(=N3)C(c3ccc(OCCC[N+](C)(C)C)cc3)=C3C=CC(=N3)C(c3ccc(OCCC[N+](C)(C)C)cc3)=C3C=CC(=N3)C(c3ccc(OCCC[N+](C)(C)C)cc3)=C3C=CC2=N3)cc1.[Cl-].[Cl-].[Cl-]. The summed E-state index contributed by atoms with van der Waals surface area (Å²) >= 11 is 0. The van der Waals surface area contributed by atoms with Gasteiger partial charge in [0.05, 0.1) is 155 Å². The molecule has 0 aliphatic carbocycles. The van der Waals surface area contributed by atoms with E-state index in [4.69, 9.17) is 38.9 Å². The van der Waals surface area contributed by atoms with Crippen LogP contribution in [-0.2, 0) is 0 Å². The third-order valence-corrected chi connectivity index (χ3v) is 14.7. The van der Waals surface area contributed by atoms with E-state index in [1.54, 1.807) is 0 Å². The van der Waals surface area contributed by atoms with E-state index < -0.39 is 0 Å². The first-order chi connectivity index (χ1) is 39.0. The first-order valence-electron chi connectivity index (χ1n) is 29.4. The third kappa shape index (κ3) is 18.5. The number of ether oxygens (including phenoxy) is 4. The van der Waals surface area contributed by atoms with Crippen LogP contribution < -0.4 is 56.2 Å². The molecule has 5 heterocycles. The van der Waals surface area contributed by atoms with Gasteiger partial charge in [-0.15, -0.1) is 0 Å². The Labute approximate surface area is 519 Å². The molecule has 0 unspecified atom stereocenters. The van der Waals surface area contributed by atoms with E-state index in [1.165, 1.54) is 32.1 Å². The van der Waals surface area contributed by atoms with Gasteiger partial charge in [0, 0.05) is 41.6 Å². The quantitative estimate of drug-likeness (QED) is 0.0632. The van der Waals surface area contributed by atoms with E-state index in [9.17, 15) is 0 Å². The van der Waals surface area contributed by atoms with Crippen molar-refractivity contribution in [2.24, 2.45) is 20.0 Å². The molecule has 0 N–H and O–H groups in total. The Hall–Kier alpha value is -6.57. The van der Waals surface area contributed by atoms with Crippen LogP contribution in [0.2, 0.25) is 0 Å². The van der Waals surface area contributed by atoms with E-state index in [2.05, 4.69) is 216 Å². The summed E-state index contributed by atoms with van der Waals surface area (Å²) in [5, 5.41) is 0. The van der Waals surface area contributed by atoms with Crippen molar-refractivity contribution in [1.29, 1.82) is 0 Å². The molecule has 0 fully saturated rings. The fourth-order valence-electron chi connectivity index (χ4n) is 10.4. The number of fused-ring (bicyclic) bond motifs is 4. The molecule has 4 aromatic rings. The Balaban J connectivity index is 0.00000377. The van der Waals surface area contributed by atoms with E-state index in [0.29, 0.717) is 26.4 Å². The molecule has 446 valence electrons. The van der Waals surface area contributed by atoms with Crippen LogP contribution in [0.5, 0.6) is 23.0 Å². The lowest BCUT2D eigenvalue weighted by molar-refractivity contribution is -0.870. The Morgan fingerprint density at radius 1 is 0.286 bits per heavy atom. The summed E-state index contributed by atoms with van der Waals surface area (Å²) in [4.78, 5) is 22.2. The maximum atomic E-state index is 6.30. The van der Waals surface area contributed by atoms with Crippen molar-refractivity contribution in [3.63, 3.8) is 0 Å². The van der Waals surface area contributed by atoms with Crippen molar-refractivity contribution >= 4 is 45.1 Å². The summed E-state index contributed by atoms with van der Waals surface area (Å²) in [6.45, 7) is 7.97. The van der Waals surface area contributed by atoms with E-state index in [-0.39, 0.29) is 37.2 Å². The van der Waals surface area contributed by atoms with Gasteiger partial charge in [0.2, 0.25) is 0 Å². The lowest BCUT2D eigenvalue weighted by Crippen LogP contribution is -3.00. The summed E-state index contributed by atoms with van der Waals surface area (Å²) in [6, 6.07) is 33.6. The highest BCUT2D eigenvalue weighted by atomic mass is 35.5. The number of hydrogen-bond donors (Lipinski definition) is 0. The van der Waals surface area contributed by atoms with Gasteiger partial charge in [-0.3, -0.25) is 0 Å². The van der Waals surface area contributed by atoms with Crippen LogP contribution in [0, 0.1) is 0 Å². The standard InChI is InChI=1S/C70H86N7O4.3ClH/c1-11-12-13-14-15-16-47-78-55-28-20-51(21-29-55)67-59-36-38-61(71-59)68(52-22-30-56(31-23-52)79-48-17-44-75(2,3)4)63-40-42-65(73-63)70(54-26-34-58(35-27-54)81-50-19-46-77(8,9)10)66-43-41-64(74-66)69(62-39-37-60(67)72-62)53-24-32-57(33-25-53)80-49-18-45-76(5,6)7;;;/h20-43H,11-19,44-50H2,1-10H3;3*1H/q+3;;;/p-3. The number of hydrogen-bond acceptors (Lipinski definition) is 8. The Bertz CT molecular complexity index is 3220. The number of aliphatic imine (C=N–C) groups is 4. The molecule has 8 bridgehead atoms. The molecule has 11 nitrogen and oxygen atoms in total. The summed E-state index contributed by atoms with van der Waals surface area (Å²) in [6.07, 6.45) is 27.1. The molecule has 0 spiro atoms. The second kappa shape index (κ2) is 30.5. The van der Waals surface area contributed by atoms with Crippen molar-refractivity contribution in [2.75, 3.05) is 109 Å². The molecule has 0 atom stereocenters. The smallest absolute Gasteiger partial charge is 0.119 e. The van der Waals surface area contributed by atoms with Crippen molar-refractivity contribution in [1.82, 2.24) is 0 Å². The van der Waals surface area contributed by atoms with Crippen LogP contribution in [0.25, 0.3) is 22.3 Å². The highest BCUT2D eigenvalue weighted by molar-refractivity contribution is 6.39. The number of quaternary nitrogens is 3. The number of unbranched alkanes of at least 4 members (excludes halogenated alkanes) is 5. The monoisotopic (exact) mass is 1190 g/mol. The van der Waals surface area contributed by atoms with Gasteiger partial charge in [0.25, 0.3) is 0 Å². The molecule has 5 aliphatic heterocycles. The second-order valence-electron chi connectivity index (χ2n) is 24.7. The lowest BCUT2D eigenvalue weighted by Gasteiger charge is -2.23. The average Bonchev–Trinajstić information content (AvgIpc) is 3.78. The summed E-state index contributed by atoms with van der Waals surface area (Å²) in [7, 11) is 19.9. The minimum Gasteiger partial charge on any atom is -1.00 e. The number of allylic oxidation sites excluding steroid dienone is 12. The Morgan fingerprint density at radius 3 is 0.750 bits per heavy atom. The van der Waals surface area contributed by atoms with Crippen LogP contribution in [0.4, 0.5) is 0 Å². The average molecular weight is 1200 g/mol. The molecule has 14 heteroatoms. The third-order valence-electron chi connectivity index (χ3n) is 14.7. The summed E-state index contributed by atoms with van der Waals surface area (Å²) in [5.41, 5.74) is 14.0. The van der Waals surface area contributed by atoms with Gasteiger partial charge < -0.3 is 69.6 Å². The topological polar surface area (TPSA) is 86.4 Å². The maximum Gasteiger partial charge on any atom is 0.119 e. The van der Waals surface area contributed by atoms with Gasteiger partial charge in [-0.1, -0.05) is 87.6 Å². The number of halogens is 3. The zero-order valence-corrected chi connectivity index (χ0v) is 53.3. The lowest BCUT2D eigenvalue weighted by atomic mass is 9.98. The van der Waals surface area contributed by atoms with Crippen LogP contribution >= 0.6 is 0 Å². The highest BCUT2D eigenvalue weighted by Gasteiger charge is 2.28. The van der Waals surface area contributed by atoms with Gasteiger partial charge in [0.1, 0.15) is 23.0 Å². The first-order valence-corrected chi connectivity index (χ1v) is 29.4. The predicted molar refractivity (Wildman–Crippen MR) is 338 cm³/mol. The zero-order valence-electron chi connectivity index (χ0n) is 51.1. The minimum atomic E-state index is 0. The van der Waals surface area contributed by atoms with Crippen LogP contribution in [-0.4, -0.2) is 146 Å². The fourth-order valence-corrected chi connectivity index (χ4v) is 10.4. The minimum absolute atomic E-state index is 0. The molecule has 4 aromatic carbocycles. The fraction of sp³-hybridized carbons (Fsp3) is 0.371. The molecule has 0 amide bonds. The molecule has 0 saturated carbocycles. The summed E-state index contributed by atoms with van der Waals surface area (Å²) in [5.74, 6) is 3.34. The normalized spacial score (nSPS) is 15.4. The van der Waals surface area contributed by atoms with Crippen LogP contribution in [0.3, 0.4) is 0 Å². The predicted octanol–water partition coefficient (Wildman–Crippen LogP) is 4.87. The zero-order chi connectivity index (χ0) is 57.0. The van der Waals surface area contributed by atoms with E-state index in [1.807, 2.05) is 0 Å². The largest absolute Gasteiger partial charge is 1.00 e. The van der Waals surface area contributed by atoms with Crippen molar-refractivity contribution in [3.05, 3.63) is 191 Å². The molecular formula is C70H86Cl3N7O4. The van der Waals surface area contributed by atoms with Crippen molar-refractivity contribution in [3.8, 4) is 23.0 Å². The highest BCUT2D eigenvalue weighted by Crippen LogP contribution is 2.40. The number of rotatable bonds is 27. The second-order valence-corrected chi connectivity index (χ2v) is 24.7. The molecule has 0 radical (unpaired) electrons. The van der Waals surface area contributed by atoms with Crippen LogP contribution in [0.1, 0.15) is 87.0 Å². The maximum absolute atomic E-state index is 6.30. The molecule has 5 aliphatic rings. The molecule has 0 aromatic heterocycles. The van der Waals surface area contributed by atoms with Crippen molar-refractivity contribution < 1.29 is 69.6 Å². The van der Waals surface area contributed by atoms with Crippen LogP contribution in [0.15, 0.2) is 188 Å². The molecule has 0 saturated heterocycles. The van der Waals surface area contributed by atoms with Gasteiger partial charge in [-0.05, 0) is 126 Å². The Morgan fingerprint density at radius 2 is 0.512 bits per heavy atom. The van der Waals surface area contributed by atoms with Crippen molar-refractivity contribution in [2.45, 2.75) is 64.7 Å². The molecule has 9 rings (SSSR count). The van der Waals surface area contributed by atoms with Gasteiger partial charge in [-0.2, -0.15) is 0 Å². The van der Waals surface area contributed by atoms with E-state index in [0.717, 1.165) is 172 Å².